The number of nitrogens with one attached hydrogen (secondary N) is 2. The summed E-state index contributed by atoms with van der Waals surface area (Å²) in [4.78, 5) is 3.68. The van der Waals surface area contributed by atoms with Crippen LogP contribution in [0.15, 0.2) is 23.7 Å². The van der Waals surface area contributed by atoms with E-state index in [1.807, 2.05) is 6.20 Å². The van der Waals surface area contributed by atoms with Gasteiger partial charge in [-0.1, -0.05) is 19.9 Å². The van der Waals surface area contributed by atoms with Gasteiger partial charge in [0.05, 0.1) is 16.8 Å². The molecule has 2 N–H and O–H groups in total. The van der Waals surface area contributed by atoms with E-state index in [0.717, 1.165) is 31.9 Å². The first kappa shape index (κ1) is 15.2. The van der Waals surface area contributed by atoms with Crippen LogP contribution in [0.25, 0.3) is 10.6 Å². The number of H-pyrrole nitrogens is 1. The van der Waals surface area contributed by atoms with Crippen molar-refractivity contribution in [2.45, 2.75) is 33.4 Å². The number of hydrogen-bond acceptors (Lipinski definition) is 4. The van der Waals surface area contributed by atoms with E-state index in [1.165, 1.54) is 10.4 Å². The van der Waals surface area contributed by atoms with Gasteiger partial charge in [0.1, 0.15) is 0 Å². The molecule has 0 fully saturated rings. The summed E-state index contributed by atoms with van der Waals surface area (Å²) in [5, 5.41) is 13.0. The number of nitrogens with zero attached hydrogens (tertiary/aromatic N) is 2. The van der Waals surface area contributed by atoms with E-state index in [-0.39, 0.29) is 0 Å². The van der Waals surface area contributed by atoms with Crippen molar-refractivity contribution in [3.8, 4) is 10.6 Å². The maximum absolute atomic E-state index is 4.18. The van der Waals surface area contributed by atoms with Gasteiger partial charge in [-0.3, -0.25) is 5.10 Å². The molecular formula is C15H24N4S. The Bertz CT molecular complexity index is 488. The Morgan fingerprint density at radius 3 is 2.85 bits per heavy atom. The van der Waals surface area contributed by atoms with E-state index in [4.69, 9.17) is 0 Å². The third-order valence-electron chi connectivity index (χ3n) is 3.55. The van der Waals surface area contributed by atoms with Crippen LogP contribution in [0.3, 0.4) is 0 Å². The van der Waals surface area contributed by atoms with E-state index < -0.39 is 0 Å². The number of thiophene rings is 1. The number of rotatable bonds is 8. The molecular weight excluding hydrogens is 268 g/mol. The second-order valence-electron chi connectivity index (χ2n) is 5.02. The average Bonchev–Trinajstić information content (AvgIpc) is 3.12. The summed E-state index contributed by atoms with van der Waals surface area (Å²) in [6, 6.07) is 4.67. The first-order chi connectivity index (χ1) is 9.74. The van der Waals surface area contributed by atoms with Crippen LogP contribution < -0.4 is 5.32 Å². The highest BCUT2D eigenvalue weighted by atomic mass is 32.1. The number of likely N-dealkylation sites (N-methyl/N-ethyl adjacent to an activating group) is 1. The summed E-state index contributed by atoms with van der Waals surface area (Å²) < 4.78 is 0. The van der Waals surface area contributed by atoms with E-state index in [9.17, 15) is 0 Å². The molecule has 2 rings (SSSR count). The van der Waals surface area contributed by atoms with Crippen molar-refractivity contribution in [3.05, 3.63) is 29.3 Å². The summed E-state index contributed by atoms with van der Waals surface area (Å²) in [7, 11) is 0. The van der Waals surface area contributed by atoms with Crippen molar-refractivity contribution in [1.29, 1.82) is 0 Å². The predicted octanol–water partition coefficient (Wildman–Crippen LogP) is 2.96. The van der Waals surface area contributed by atoms with Gasteiger partial charge in [-0.25, -0.2) is 0 Å². The minimum absolute atomic E-state index is 0.473. The Morgan fingerprint density at radius 1 is 1.40 bits per heavy atom. The van der Waals surface area contributed by atoms with E-state index in [0.29, 0.717) is 6.04 Å². The lowest BCUT2D eigenvalue weighted by atomic mass is 10.2. The molecule has 0 amide bonds. The van der Waals surface area contributed by atoms with Gasteiger partial charge in [0, 0.05) is 24.7 Å². The highest BCUT2D eigenvalue weighted by molar-refractivity contribution is 7.13. The fraction of sp³-hybridized carbons (Fsp3) is 0.533. The predicted molar refractivity (Wildman–Crippen MR) is 86.0 cm³/mol. The zero-order valence-electron chi connectivity index (χ0n) is 12.5. The molecule has 0 spiro atoms. The van der Waals surface area contributed by atoms with Gasteiger partial charge in [0.15, 0.2) is 0 Å². The summed E-state index contributed by atoms with van der Waals surface area (Å²) in [5.41, 5.74) is 2.38. The van der Waals surface area contributed by atoms with Crippen LogP contribution in [-0.2, 0) is 6.54 Å². The summed E-state index contributed by atoms with van der Waals surface area (Å²) >= 11 is 1.74. The van der Waals surface area contributed by atoms with Crippen molar-refractivity contribution < 1.29 is 0 Å². The minimum Gasteiger partial charge on any atom is -0.309 e. The lowest BCUT2D eigenvalue weighted by Crippen LogP contribution is -2.38. The molecule has 0 aliphatic heterocycles. The SMILES string of the molecule is CCN(CC)CC(C)NCc1cn[nH]c1-c1cccs1. The molecule has 0 aromatic carbocycles. The molecule has 20 heavy (non-hydrogen) atoms. The highest BCUT2D eigenvalue weighted by Crippen LogP contribution is 2.25. The molecule has 2 aromatic heterocycles. The largest absolute Gasteiger partial charge is 0.309 e. The molecule has 2 aromatic rings. The molecule has 1 unspecified atom stereocenters. The van der Waals surface area contributed by atoms with Crippen molar-refractivity contribution in [2.24, 2.45) is 0 Å². The van der Waals surface area contributed by atoms with Crippen molar-refractivity contribution >= 4 is 11.3 Å². The Kier molecular flexibility index (Phi) is 5.76. The van der Waals surface area contributed by atoms with Gasteiger partial charge >= 0.3 is 0 Å². The Morgan fingerprint density at radius 2 is 2.20 bits per heavy atom. The second kappa shape index (κ2) is 7.57. The topological polar surface area (TPSA) is 44.0 Å². The van der Waals surface area contributed by atoms with Crippen LogP contribution in [0.2, 0.25) is 0 Å². The highest BCUT2D eigenvalue weighted by Gasteiger charge is 2.11. The lowest BCUT2D eigenvalue weighted by molar-refractivity contribution is 0.271. The smallest absolute Gasteiger partial charge is 0.0794 e. The van der Waals surface area contributed by atoms with Crippen LogP contribution in [-0.4, -0.2) is 40.8 Å². The van der Waals surface area contributed by atoms with Crippen molar-refractivity contribution in [2.75, 3.05) is 19.6 Å². The fourth-order valence-corrected chi connectivity index (χ4v) is 3.05. The summed E-state index contributed by atoms with van der Waals surface area (Å²) in [5.74, 6) is 0. The normalized spacial score (nSPS) is 13.0. The van der Waals surface area contributed by atoms with Gasteiger partial charge in [-0.2, -0.15) is 5.10 Å². The monoisotopic (exact) mass is 292 g/mol. The minimum atomic E-state index is 0.473. The molecule has 0 aliphatic rings. The van der Waals surface area contributed by atoms with Gasteiger partial charge in [-0.15, -0.1) is 11.3 Å². The van der Waals surface area contributed by atoms with Crippen LogP contribution in [0, 0.1) is 0 Å². The number of aromatic nitrogens is 2. The maximum atomic E-state index is 4.18. The molecule has 0 bridgehead atoms. The molecule has 5 heteroatoms. The van der Waals surface area contributed by atoms with E-state index in [2.05, 4.69) is 58.7 Å². The zero-order chi connectivity index (χ0) is 14.4. The Balaban J connectivity index is 1.90. The molecule has 0 radical (unpaired) electrons. The van der Waals surface area contributed by atoms with E-state index in [1.54, 1.807) is 11.3 Å². The van der Waals surface area contributed by atoms with Crippen LogP contribution in [0.1, 0.15) is 26.3 Å². The molecule has 0 saturated carbocycles. The van der Waals surface area contributed by atoms with Gasteiger partial charge in [0.2, 0.25) is 0 Å². The standard InChI is InChI=1S/C15H24N4S/c1-4-19(5-2)11-12(3)16-9-13-10-17-18-15(13)14-7-6-8-20-14/h6-8,10,12,16H,4-5,9,11H2,1-3H3,(H,17,18). The summed E-state index contributed by atoms with van der Waals surface area (Å²) in [6.07, 6.45) is 1.92. The molecule has 110 valence electrons. The van der Waals surface area contributed by atoms with Crippen molar-refractivity contribution in [1.82, 2.24) is 20.4 Å². The molecule has 0 aliphatic carbocycles. The van der Waals surface area contributed by atoms with Crippen LogP contribution in [0.5, 0.6) is 0 Å². The molecule has 0 saturated heterocycles. The second-order valence-corrected chi connectivity index (χ2v) is 5.96. The zero-order valence-corrected chi connectivity index (χ0v) is 13.3. The van der Waals surface area contributed by atoms with Crippen molar-refractivity contribution in [3.63, 3.8) is 0 Å². The average molecular weight is 292 g/mol. The van der Waals surface area contributed by atoms with Crippen LogP contribution >= 0.6 is 11.3 Å². The first-order valence-corrected chi connectivity index (χ1v) is 8.14. The third kappa shape index (κ3) is 3.91. The van der Waals surface area contributed by atoms with Gasteiger partial charge in [-0.05, 0) is 31.5 Å². The third-order valence-corrected chi connectivity index (χ3v) is 4.44. The molecule has 1 atom stereocenters. The Hall–Kier alpha value is -1.17. The van der Waals surface area contributed by atoms with E-state index >= 15 is 0 Å². The Labute approximate surface area is 125 Å². The molecule has 2 heterocycles. The first-order valence-electron chi connectivity index (χ1n) is 7.26. The van der Waals surface area contributed by atoms with Gasteiger partial charge in [0.25, 0.3) is 0 Å². The number of aromatic amines is 1. The van der Waals surface area contributed by atoms with Crippen LogP contribution in [0.4, 0.5) is 0 Å². The summed E-state index contributed by atoms with van der Waals surface area (Å²) in [6.45, 7) is 10.8. The lowest BCUT2D eigenvalue weighted by Gasteiger charge is -2.23. The quantitative estimate of drug-likeness (QED) is 0.786. The fourth-order valence-electron chi connectivity index (χ4n) is 2.30. The maximum Gasteiger partial charge on any atom is 0.0794 e. The number of hydrogen-bond donors (Lipinski definition) is 2. The van der Waals surface area contributed by atoms with Gasteiger partial charge < -0.3 is 10.2 Å². The molecule has 4 nitrogen and oxygen atoms in total.